The van der Waals surface area contributed by atoms with E-state index in [2.05, 4.69) is 16.7 Å². The van der Waals surface area contributed by atoms with Crippen LogP contribution in [0.2, 0.25) is 4.34 Å². The van der Waals surface area contributed by atoms with E-state index in [9.17, 15) is 14.4 Å². The molecular weight excluding hydrogens is 578 g/mol. The summed E-state index contributed by atoms with van der Waals surface area (Å²) >= 11 is 8.84. The minimum atomic E-state index is -0.667. The molecule has 5 rings (SSSR count). The largest absolute Gasteiger partial charge is 0.445 e. The molecule has 1 atom stereocenters. The molecule has 3 amide bonds. The Balaban J connectivity index is 1.52. The first kappa shape index (κ1) is 28.1. The fraction of sp³-hybridized carbons (Fsp3) is 0.400. The first-order chi connectivity index (χ1) is 19.4. The van der Waals surface area contributed by atoms with Crippen LogP contribution in [-0.4, -0.2) is 107 Å². The number of hydrogen-bond acceptors (Lipinski definition) is 10. The SMILES string of the molecule is C=CCOC(=O)N1CCN(C(=O)N2CCOCC2)CC1c1cc(N(C)c2ccc(Cl)s2)n(C(=O)c2cscn2)n1. The summed E-state index contributed by atoms with van der Waals surface area (Å²) in [6, 6.07) is 4.57. The van der Waals surface area contributed by atoms with Gasteiger partial charge in [-0.3, -0.25) is 9.69 Å². The van der Waals surface area contributed by atoms with Crippen molar-refractivity contribution in [2.24, 2.45) is 0 Å². The monoisotopic (exact) mass is 605 g/mol. The number of carbonyl (C=O) groups excluding carboxylic acids is 3. The maximum Gasteiger partial charge on any atom is 0.410 e. The topological polar surface area (TPSA) is 113 Å². The lowest BCUT2D eigenvalue weighted by Crippen LogP contribution is -2.56. The molecule has 5 heterocycles. The molecule has 2 aliphatic heterocycles. The maximum absolute atomic E-state index is 13.5. The van der Waals surface area contributed by atoms with E-state index in [0.717, 1.165) is 5.00 Å². The number of morpholine rings is 1. The molecule has 2 fully saturated rings. The van der Waals surface area contributed by atoms with Crippen LogP contribution in [0.3, 0.4) is 0 Å². The van der Waals surface area contributed by atoms with Crippen LogP contribution in [0.25, 0.3) is 0 Å². The predicted molar refractivity (Wildman–Crippen MR) is 152 cm³/mol. The third-order valence-corrected chi connectivity index (χ3v) is 8.51. The lowest BCUT2D eigenvalue weighted by atomic mass is 10.1. The third-order valence-electron chi connectivity index (χ3n) is 6.62. The molecule has 2 saturated heterocycles. The lowest BCUT2D eigenvalue weighted by molar-refractivity contribution is 0.0265. The molecule has 0 bridgehead atoms. The summed E-state index contributed by atoms with van der Waals surface area (Å²) in [5.41, 5.74) is 2.25. The van der Waals surface area contributed by atoms with Crippen LogP contribution in [0.15, 0.2) is 41.7 Å². The molecule has 40 heavy (non-hydrogen) atoms. The van der Waals surface area contributed by atoms with Gasteiger partial charge >= 0.3 is 12.1 Å². The lowest BCUT2D eigenvalue weighted by Gasteiger charge is -2.42. The Bertz CT molecular complexity index is 1370. The quantitative estimate of drug-likeness (QED) is 0.388. The maximum atomic E-state index is 13.5. The summed E-state index contributed by atoms with van der Waals surface area (Å²) in [5, 5.41) is 7.12. The number of thiazole rings is 1. The van der Waals surface area contributed by atoms with E-state index in [4.69, 9.17) is 21.1 Å². The zero-order valence-corrected chi connectivity index (χ0v) is 24.2. The first-order valence-electron chi connectivity index (χ1n) is 12.5. The highest BCUT2D eigenvalue weighted by atomic mass is 35.5. The molecule has 2 aliphatic rings. The zero-order valence-electron chi connectivity index (χ0n) is 21.8. The number of nitrogens with zero attached hydrogens (tertiary/aromatic N) is 7. The van der Waals surface area contributed by atoms with Gasteiger partial charge in [-0.15, -0.1) is 22.7 Å². The second-order valence-electron chi connectivity index (χ2n) is 9.06. The summed E-state index contributed by atoms with van der Waals surface area (Å²) < 4.78 is 12.6. The average molecular weight is 606 g/mol. The van der Waals surface area contributed by atoms with Crippen molar-refractivity contribution in [2.45, 2.75) is 6.04 Å². The van der Waals surface area contributed by atoms with Gasteiger partial charge in [-0.05, 0) is 12.1 Å². The Morgan fingerprint density at radius 1 is 1.23 bits per heavy atom. The summed E-state index contributed by atoms with van der Waals surface area (Å²) in [6.07, 6.45) is 0.940. The molecule has 0 saturated carbocycles. The number of urea groups is 1. The number of piperazine rings is 1. The van der Waals surface area contributed by atoms with E-state index in [0.29, 0.717) is 48.7 Å². The second kappa shape index (κ2) is 12.4. The zero-order chi connectivity index (χ0) is 28.2. The molecule has 0 spiro atoms. The van der Waals surface area contributed by atoms with E-state index < -0.39 is 18.0 Å². The fourth-order valence-corrected chi connectivity index (χ4v) is 6.09. The third kappa shape index (κ3) is 5.84. The summed E-state index contributed by atoms with van der Waals surface area (Å²) in [4.78, 5) is 50.9. The van der Waals surface area contributed by atoms with Crippen LogP contribution in [0.5, 0.6) is 0 Å². The Hall–Kier alpha value is -3.46. The Labute approximate surface area is 243 Å². The molecule has 0 aliphatic carbocycles. The predicted octanol–water partition coefficient (Wildman–Crippen LogP) is 3.94. The second-order valence-corrected chi connectivity index (χ2v) is 11.5. The number of aromatic nitrogens is 3. The van der Waals surface area contributed by atoms with Gasteiger partial charge in [-0.1, -0.05) is 24.3 Å². The van der Waals surface area contributed by atoms with Crippen LogP contribution in [0.1, 0.15) is 22.2 Å². The van der Waals surface area contributed by atoms with Gasteiger partial charge in [0.15, 0.2) is 0 Å². The van der Waals surface area contributed by atoms with Gasteiger partial charge in [-0.2, -0.15) is 9.78 Å². The molecule has 0 radical (unpaired) electrons. The summed E-state index contributed by atoms with van der Waals surface area (Å²) in [6.45, 7) is 6.36. The Kier molecular flexibility index (Phi) is 8.69. The molecule has 212 valence electrons. The molecule has 15 heteroatoms. The standard InChI is InChI=1S/C25H28ClN7O5S2/c1-3-10-38-25(36)32-7-6-31(24(35)30-8-11-37-12-9-30)14-19(32)17-13-21(29(2)22-5-4-20(26)40-22)33(28-17)23(34)18-15-39-16-27-18/h3-5,13,15-16,19H,1,6-12,14H2,2H3. The van der Waals surface area contributed by atoms with Gasteiger partial charge in [-0.25, -0.2) is 14.6 Å². The summed E-state index contributed by atoms with van der Waals surface area (Å²) in [5.74, 6) is 0.0393. The number of ether oxygens (including phenoxy) is 2. The van der Waals surface area contributed by atoms with Crippen molar-refractivity contribution in [3.63, 3.8) is 0 Å². The van der Waals surface area contributed by atoms with E-state index >= 15 is 0 Å². The number of hydrogen-bond donors (Lipinski definition) is 0. The van der Waals surface area contributed by atoms with Crippen LogP contribution in [0.4, 0.5) is 20.4 Å². The highest BCUT2D eigenvalue weighted by molar-refractivity contribution is 7.20. The number of halogens is 1. The van der Waals surface area contributed by atoms with Crippen molar-refractivity contribution < 1.29 is 23.9 Å². The van der Waals surface area contributed by atoms with E-state index in [1.165, 1.54) is 33.4 Å². The number of amides is 3. The summed E-state index contributed by atoms with van der Waals surface area (Å²) in [7, 11) is 1.80. The number of carbonyl (C=O) groups is 3. The number of anilines is 2. The van der Waals surface area contributed by atoms with Crippen LogP contribution in [0, 0.1) is 0 Å². The fourth-order valence-electron chi connectivity index (χ4n) is 4.56. The molecule has 3 aromatic rings. The van der Waals surface area contributed by atoms with Gasteiger partial charge in [0.1, 0.15) is 18.1 Å². The van der Waals surface area contributed by atoms with Gasteiger partial charge in [0.05, 0.1) is 39.8 Å². The Morgan fingerprint density at radius 2 is 2.02 bits per heavy atom. The van der Waals surface area contributed by atoms with E-state index in [-0.39, 0.29) is 31.4 Å². The van der Waals surface area contributed by atoms with Gasteiger partial charge in [0.2, 0.25) is 0 Å². The smallest absolute Gasteiger partial charge is 0.410 e. The van der Waals surface area contributed by atoms with E-state index in [1.807, 2.05) is 6.07 Å². The highest BCUT2D eigenvalue weighted by Gasteiger charge is 2.38. The van der Waals surface area contributed by atoms with Crippen molar-refractivity contribution >= 4 is 63.1 Å². The number of thiophene rings is 1. The van der Waals surface area contributed by atoms with Crippen LogP contribution in [-0.2, 0) is 9.47 Å². The van der Waals surface area contributed by atoms with Gasteiger partial charge < -0.3 is 24.2 Å². The Morgan fingerprint density at radius 3 is 2.70 bits per heavy atom. The van der Waals surface area contributed by atoms with Crippen molar-refractivity contribution in [3.05, 3.63) is 57.5 Å². The van der Waals surface area contributed by atoms with Crippen LogP contribution < -0.4 is 4.90 Å². The van der Waals surface area contributed by atoms with Crippen molar-refractivity contribution in [1.29, 1.82) is 0 Å². The minimum Gasteiger partial charge on any atom is -0.445 e. The molecule has 0 N–H and O–H groups in total. The highest BCUT2D eigenvalue weighted by Crippen LogP contribution is 2.36. The molecule has 3 aromatic heterocycles. The van der Waals surface area contributed by atoms with Crippen LogP contribution >= 0.6 is 34.3 Å². The molecule has 12 nitrogen and oxygen atoms in total. The molecule has 0 aromatic carbocycles. The average Bonchev–Trinajstić information content (AvgIpc) is 3.76. The van der Waals surface area contributed by atoms with Crippen molar-refractivity contribution in [1.82, 2.24) is 29.5 Å². The normalized spacial score (nSPS) is 17.6. The molecule has 1 unspecified atom stereocenters. The number of rotatable bonds is 6. The molecular formula is C25H28ClN7O5S2. The minimum absolute atomic E-state index is 0.0440. The first-order valence-corrected chi connectivity index (χ1v) is 14.7. The van der Waals surface area contributed by atoms with Crippen molar-refractivity contribution in [2.75, 3.05) is 64.5 Å². The van der Waals surface area contributed by atoms with Crippen molar-refractivity contribution in [3.8, 4) is 0 Å². The van der Waals surface area contributed by atoms with E-state index in [1.54, 1.807) is 49.7 Å². The van der Waals surface area contributed by atoms with Gasteiger partial charge in [0, 0.05) is 51.2 Å². The van der Waals surface area contributed by atoms with Gasteiger partial charge in [0.25, 0.3) is 5.91 Å².